The summed E-state index contributed by atoms with van der Waals surface area (Å²) in [6.45, 7) is 2.19. The van der Waals surface area contributed by atoms with Gasteiger partial charge in [-0.3, -0.25) is 0 Å². The van der Waals surface area contributed by atoms with Gasteiger partial charge in [-0.15, -0.1) is 0 Å². The zero-order valence-corrected chi connectivity index (χ0v) is 18.6. The third-order valence-electron chi connectivity index (χ3n) is 7.10. The van der Waals surface area contributed by atoms with Crippen LogP contribution in [0.25, 0.3) is 0 Å². The van der Waals surface area contributed by atoms with E-state index in [1.165, 1.54) is 31.6 Å². The Hall–Kier alpha value is -1.91. The zero-order chi connectivity index (χ0) is 24.2. The number of ether oxygens (including phenoxy) is 1. The van der Waals surface area contributed by atoms with Gasteiger partial charge < -0.3 is 4.74 Å². The third-order valence-corrected chi connectivity index (χ3v) is 7.10. The minimum Gasteiger partial charge on any atom is -0.432 e. The van der Waals surface area contributed by atoms with Gasteiger partial charge in [0.15, 0.2) is 0 Å². The van der Waals surface area contributed by atoms with Crippen LogP contribution in [0.4, 0.5) is 30.7 Å². The van der Waals surface area contributed by atoms with E-state index in [0.717, 1.165) is 24.7 Å². The molecule has 1 aromatic rings. The van der Waals surface area contributed by atoms with Gasteiger partial charge in [0.2, 0.25) is 0 Å². The molecule has 0 aliphatic heterocycles. The lowest BCUT2D eigenvalue weighted by Gasteiger charge is -2.39. The molecule has 0 amide bonds. The minimum atomic E-state index is -4.94. The second-order valence-electron chi connectivity index (χ2n) is 9.35. The second-order valence-corrected chi connectivity index (χ2v) is 9.35. The first-order valence-corrected chi connectivity index (χ1v) is 11.6. The van der Waals surface area contributed by atoms with E-state index in [4.69, 9.17) is 0 Å². The zero-order valence-electron chi connectivity index (χ0n) is 18.6. The molecule has 0 atom stereocenters. The van der Waals surface area contributed by atoms with Crippen LogP contribution in [0.5, 0.6) is 5.75 Å². The number of alkyl halides is 5. The van der Waals surface area contributed by atoms with Gasteiger partial charge in [0, 0.05) is 18.1 Å². The summed E-state index contributed by atoms with van der Waals surface area (Å²) in [6.07, 6.45) is 0.423. The number of hydrogen-bond acceptors (Lipinski definition) is 1. The van der Waals surface area contributed by atoms with Gasteiger partial charge >= 0.3 is 12.3 Å². The standard InChI is InChI=1S/C25H29F7O/c1-2-3-16-4-6-17(7-5-16)18-8-10-19(11-9-18)25(31,32)33-20-14-22(26)21(23(27)15-20)12-13-24(28,29)30/h14-19H,2-11H2,1H3. The number of rotatable bonds is 6. The molecule has 2 saturated carbocycles. The summed E-state index contributed by atoms with van der Waals surface area (Å²) >= 11 is 0. The molecule has 2 fully saturated rings. The van der Waals surface area contributed by atoms with Crippen LogP contribution in [0.15, 0.2) is 12.1 Å². The second kappa shape index (κ2) is 10.6. The summed E-state index contributed by atoms with van der Waals surface area (Å²) in [6, 6.07) is 0.884. The van der Waals surface area contributed by atoms with E-state index in [0.29, 0.717) is 36.8 Å². The van der Waals surface area contributed by atoms with Gasteiger partial charge in [-0.05, 0) is 56.3 Å². The molecular formula is C25H29F7O. The van der Waals surface area contributed by atoms with Gasteiger partial charge in [0.1, 0.15) is 17.4 Å². The lowest BCUT2D eigenvalue weighted by molar-refractivity contribution is -0.224. The summed E-state index contributed by atoms with van der Waals surface area (Å²) in [5.74, 6) is -0.944. The van der Waals surface area contributed by atoms with E-state index in [1.54, 1.807) is 0 Å². The lowest BCUT2D eigenvalue weighted by Crippen LogP contribution is -2.38. The van der Waals surface area contributed by atoms with Crippen LogP contribution in [-0.4, -0.2) is 12.3 Å². The maximum atomic E-state index is 14.7. The summed E-state index contributed by atoms with van der Waals surface area (Å²) in [5.41, 5.74) is -1.14. The van der Waals surface area contributed by atoms with Crippen molar-refractivity contribution in [2.24, 2.45) is 23.7 Å². The van der Waals surface area contributed by atoms with Crippen LogP contribution in [-0.2, 0) is 0 Å². The first-order chi connectivity index (χ1) is 15.5. The minimum absolute atomic E-state index is 0.257. The highest BCUT2D eigenvalue weighted by Crippen LogP contribution is 2.46. The molecule has 0 bridgehead atoms. The molecule has 1 nitrogen and oxygen atoms in total. The molecule has 1 aromatic carbocycles. The molecule has 2 aliphatic rings. The summed E-state index contributed by atoms with van der Waals surface area (Å²) in [5, 5.41) is 0. The van der Waals surface area contributed by atoms with Crippen molar-refractivity contribution in [1.82, 2.24) is 0 Å². The van der Waals surface area contributed by atoms with Crippen molar-refractivity contribution in [3.05, 3.63) is 29.3 Å². The molecule has 3 rings (SSSR count). The summed E-state index contributed by atoms with van der Waals surface area (Å²) in [4.78, 5) is 0. The van der Waals surface area contributed by atoms with E-state index in [9.17, 15) is 30.7 Å². The first kappa shape index (κ1) is 25.7. The van der Waals surface area contributed by atoms with Crippen molar-refractivity contribution < 1.29 is 35.5 Å². The molecule has 0 radical (unpaired) electrons. The number of benzene rings is 1. The highest BCUT2D eigenvalue weighted by molar-refractivity contribution is 5.41. The predicted octanol–water partition coefficient (Wildman–Crippen LogP) is 8.26. The fourth-order valence-electron chi connectivity index (χ4n) is 5.39. The van der Waals surface area contributed by atoms with Crippen molar-refractivity contribution in [3.8, 4) is 17.6 Å². The largest absolute Gasteiger partial charge is 0.458 e. The van der Waals surface area contributed by atoms with Crippen LogP contribution in [0, 0.1) is 47.1 Å². The summed E-state index contributed by atoms with van der Waals surface area (Å²) < 4.78 is 98.6. The molecular weight excluding hydrogens is 449 g/mol. The third kappa shape index (κ3) is 7.04. The van der Waals surface area contributed by atoms with Crippen LogP contribution < -0.4 is 4.74 Å². The Labute approximate surface area is 190 Å². The van der Waals surface area contributed by atoms with Gasteiger partial charge in [-0.25, -0.2) is 8.78 Å². The smallest absolute Gasteiger partial charge is 0.432 e. The Bertz CT molecular complexity index is 829. The number of halogens is 7. The van der Waals surface area contributed by atoms with Crippen LogP contribution in [0.1, 0.15) is 76.7 Å². The fraction of sp³-hybridized carbons (Fsp3) is 0.680. The molecule has 0 spiro atoms. The van der Waals surface area contributed by atoms with Crippen molar-refractivity contribution in [1.29, 1.82) is 0 Å². The Morgan fingerprint density at radius 3 is 1.85 bits per heavy atom. The Balaban J connectivity index is 1.57. The van der Waals surface area contributed by atoms with Crippen LogP contribution in [0.3, 0.4) is 0 Å². The maximum Gasteiger partial charge on any atom is 0.458 e. The van der Waals surface area contributed by atoms with E-state index >= 15 is 0 Å². The Morgan fingerprint density at radius 2 is 1.36 bits per heavy atom. The SMILES string of the molecule is CCCC1CCC(C2CCC(C(F)(F)Oc3cc(F)c(C#CC(F)(F)F)c(F)c3)CC2)CC1. The van der Waals surface area contributed by atoms with E-state index in [-0.39, 0.29) is 12.8 Å². The van der Waals surface area contributed by atoms with Gasteiger partial charge in [-0.2, -0.15) is 22.0 Å². The van der Waals surface area contributed by atoms with Crippen molar-refractivity contribution in [3.63, 3.8) is 0 Å². The molecule has 0 heterocycles. The van der Waals surface area contributed by atoms with Crippen molar-refractivity contribution in [2.75, 3.05) is 0 Å². The predicted molar refractivity (Wildman–Crippen MR) is 111 cm³/mol. The highest BCUT2D eigenvalue weighted by atomic mass is 19.4. The molecule has 33 heavy (non-hydrogen) atoms. The fourth-order valence-corrected chi connectivity index (χ4v) is 5.39. The maximum absolute atomic E-state index is 14.7. The first-order valence-electron chi connectivity index (χ1n) is 11.6. The van der Waals surface area contributed by atoms with Gasteiger partial charge in [0.05, 0.1) is 11.5 Å². The Morgan fingerprint density at radius 1 is 0.848 bits per heavy atom. The van der Waals surface area contributed by atoms with Crippen molar-refractivity contribution >= 4 is 0 Å². The van der Waals surface area contributed by atoms with Crippen LogP contribution in [0.2, 0.25) is 0 Å². The highest BCUT2D eigenvalue weighted by Gasteiger charge is 2.45. The van der Waals surface area contributed by atoms with E-state index < -0.39 is 41.2 Å². The average molecular weight is 478 g/mol. The Kier molecular flexibility index (Phi) is 8.23. The van der Waals surface area contributed by atoms with E-state index in [1.807, 2.05) is 0 Å². The topological polar surface area (TPSA) is 9.23 Å². The van der Waals surface area contributed by atoms with Gasteiger partial charge in [-0.1, -0.05) is 38.5 Å². The quantitative estimate of drug-likeness (QED) is 0.295. The molecule has 0 N–H and O–H groups in total. The van der Waals surface area contributed by atoms with Crippen LogP contribution >= 0.6 is 0 Å². The van der Waals surface area contributed by atoms with E-state index in [2.05, 4.69) is 11.7 Å². The number of hydrogen-bond donors (Lipinski definition) is 0. The van der Waals surface area contributed by atoms with Crippen molar-refractivity contribution in [2.45, 2.75) is 83.4 Å². The summed E-state index contributed by atoms with van der Waals surface area (Å²) in [7, 11) is 0. The van der Waals surface area contributed by atoms with Gasteiger partial charge in [0.25, 0.3) is 0 Å². The molecule has 0 aromatic heterocycles. The molecule has 184 valence electrons. The monoisotopic (exact) mass is 478 g/mol. The molecule has 0 unspecified atom stereocenters. The molecule has 2 aliphatic carbocycles. The molecule has 8 heteroatoms. The average Bonchev–Trinajstić information content (AvgIpc) is 2.73. The normalized spacial score (nSPS) is 26.4. The lowest BCUT2D eigenvalue weighted by atomic mass is 9.68. The molecule has 0 saturated heterocycles.